The van der Waals surface area contributed by atoms with Crippen LogP contribution in [0, 0.1) is 0 Å². The Kier molecular flexibility index (Phi) is 4.65. The van der Waals surface area contributed by atoms with Gasteiger partial charge in [0.25, 0.3) is 5.91 Å². The lowest BCUT2D eigenvalue weighted by molar-refractivity contribution is 0.0954. The number of nitrogens with zero attached hydrogens (tertiary/aromatic N) is 1. The number of hydrogen-bond donors (Lipinski definition) is 2. The van der Waals surface area contributed by atoms with E-state index < -0.39 is 0 Å². The molecule has 0 unspecified atom stereocenters. The predicted molar refractivity (Wildman–Crippen MR) is 89.6 cm³/mol. The molecule has 0 saturated heterocycles. The second-order valence-electron chi connectivity index (χ2n) is 5.52. The minimum Gasteiger partial charge on any atom is -0.508 e. The summed E-state index contributed by atoms with van der Waals surface area (Å²) in [6.07, 6.45) is 1.51. The lowest BCUT2D eigenvalue weighted by Gasteiger charge is -2.05. The van der Waals surface area contributed by atoms with Gasteiger partial charge >= 0.3 is 0 Å². The Labute approximate surface area is 139 Å². The van der Waals surface area contributed by atoms with Gasteiger partial charge in [-0.3, -0.25) is 4.79 Å². The molecule has 0 aromatic heterocycles. The van der Waals surface area contributed by atoms with E-state index in [-0.39, 0.29) is 18.4 Å². The van der Waals surface area contributed by atoms with Crippen LogP contribution in [0.4, 0.5) is 0 Å². The second kappa shape index (κ2) is 7.04. The fourth-order valence-corrected chi connectivity index (χ4v) is 2.30. The highest BCUT2D eigenvalue weighted by Crippen LogP contribution is 2.32. The number of hydrogen-bond acceptors (Lipinski definition) is 5. The summed E-state index contributed by atoms with van der Waals surface area (Å²) in [6.45, 7) is 2.13. The van der Waals surface area contributed by atoms with Crippen LogP contribution >= 0.6 is 0 Å². The number of fused-ring (bicyclic) bond motifs is 1. The van der Waals surface area contributed by atoms with Gasteiger partial charge in [-0.25, -0.2) is 5.43 Å². The summed E-state index contributed by atoms with van der Waals surface area (Å²) in [4.78, 5) is 11.9. The molecular formula is C18H18N2O4. The monoisotopic (exact) mass is 326 g/mol. The summed E-state index contributed by atoms with van der Waals surface area (Å²) in [7, 11) is 0. The van der Waals surface area contributed by atoms with Gasteiger partial charge in [-0.15, -0.1) is 0 Å². The number of carbonyl (C=O) groups is 1. The van der Waals surface area contributed by atoms with Crippen molar-refractivity contribution < 1.29 is 19.4 Å². The van der Waals surface area contributed by atoms with Crippen molar-refractivity contribution in [3.05, 3.63) is 53.6 Å². The largest absolute Gasteiger partial charge is 0.508 e. The Balaban J connectivity index is 1.52. The summed E-state index contributed by atoms with van der Waals surface area (Å²) in [6, 6.07) is 11.9. The number of phenols is 1. The van der Waals surface area contributed by atoms with Crippen molar-refractivity contribution in [3.63, 3.8) is 0 Å². The molecular weight excluding hydrogens is 308 g/mol. The molecule has 2 aromatic rings. The lowest BCUT2D eigenvalue weighted by Crippen LogP contribution is -2.19. The number of rotatable bonds is 5. The number of ether oxygens (including phenoxy) is 2. The first-order chi connectivity index (χ1) is 11.6. The topological polar surface area (TPSA) is 80.2 Å². The van der Waals surface area contributed by atoms with Crippen LogP contribution in [0.1, 0.15) is 29.3 Å². The summed E-state index contributed by atoms with van der Waals surface area (Å²) in [5.74, 6) is 1.35. The van der Waals surface area contributed by atoms with Crippen LogP contribution in [0.5, 0.6) is 17.2 Å². The van der Waals surface area contributed by atoms with E-state index in [9.17, 15) is 9.90 Å². The number of aromatic hydroxyl groups is 1. The number of benzene rings is 2. The molecule has 1 aliphatic heterocycles. The fraction of sp³-hybridized carbons (Fsp3) is 0.222. The Hall–Kier alpha value is -3.02. The van der Waals surface area contributed by atoms with Gasteiger partial charge in [0.2, 0.25) is 6.79 Å². The number of carbonyl (C=O) groups excluding carboxylic acids is 1. The molecule has 0 aliphatic carbocycles. The lowest BCUT2D eigenvalue weighted by atomic mass is 10.1. The van der Waals surface area contributed by atoms with E-state index in [0.29, 0.717) is 5.56 Å². The van der Waals surface area contributed by atoms with Crippen LogP contribution in [0.25, 0.3) is 0 Å². The highest BCUT2D eigenvalue weighted by molar-refractivity contribution is 5.95. The number of phenolic OH excluding ortho intramolecular Hbond substituents is 1. The number of aryl methyl sites for hydroxylation is 1. The number of nitrogens with one attached hydrogen (secondary N) is 1. The van der Waals surface area contributed by atoms with Gasteiger partial charge in [-0.05, 0) is 61.7 Å². The van der Waals surface area contributed by atoms with E-state index in [0.717, 1.165) is 35.6 Å². The van der Waals surface area contributed by atoms with Gasteiger partial charge < -0.3 is 14.6 Å². The molecule has 124 valence electrons. The smallest absolute Gasteiger partial charge is 0.271 e. The molecule has 6 heteroatoms. The zero-order valence-corrected chi connectivity index (χ0v) is 13.3. The van der Waals surface area contributed by atoms with Crippen LogP contribution < -0.4 is 14.9 Å². The van der Waals surface area contributed by atoms with E-state index in [2.05, 4.69) is 10.5 Å². The van der Waals surface area contributed by atoms with Crippen molar-refractivity contribution in [1.82, 2.24) is 5.43 Å². The van der Waals surface area contributed by atoms with E-state index in [4.69, 9.17) is 9.47 Å². The molecule has 24 heavy (non-hydrogen) atoms. The molecule has 1 heterocycles. The molecule has 0 spiro atoms. The van der Waals surface area contributed by atoms with Crippen LogP contribution in [0.3, 0.4) is 0 Å². The molecule has 6 nitrogen and oxygen atoms in total. The normalized spacial score (nSPS) is 13.0. The van der Waals surface area contributed by atoms with Gasteiger partial charge in [0.1, 0.15) is 5.75 Å². The fourth-order valence-electron chi connectivity index (χ4n) is 2.30. The average molecular weight is 326 g/mol. The molecule has 0 atom stereocenters. The SMILES string of the molecule is C/C(CCc1ccc2c(c1)OCO2)=N/NC(=O)c1ccc(O)cc1. The van der Waals surface area contributed by atoms with Crippen LogP contribution in [-0.4, -0.2) is 23.5 Å². The third-order valence-corrected chi connectivity index (χ3v) is 3.69. The summed E-state index contributed by atoms with van der Waals surface area (Å²) in [5.41, 5.74) is 4.91. The number of amides is 1. The van der Waals surface area contributed by atoms with Crippen LogP contribution in [0.15, 0.2) is 47.6 Å². The second-order valence-corrected chi connectivity index (χ2v) is 5.52. The summed E-state index contributed by atoms with van der Waals surface area (Å²) >= 11 is 0. The van der Waals surface area contributed by atoms with E-state index in [1.165, 1.54) is 12.1 Å². The maximum absolute atomic E-state index is 11.9. The van der Waals surface area contributed by atoms with E-state index >= 15 is 0 Å². The van der Waals surface area contributed by atoms with Crippen molar-refractivity contribution >= 4 is 11.6 Å². The molecule has 1 aliphatic rings. The first-order valence-electron chi connectivity index (χ1n) is 7.63. The summed E-state index contributed by atoms with van der Waals surface area (Å²) in [5, 5.41) is 13.3. The zero-order chi connectivity index (χ0) is 16.9. The third kappa shape index (κ3) is 3.84. The molecule has 2 aromatic carbocycles. The van der Waals surface area contributed by atoms with Crippen molar-refractivity contribution in [2.45, 2.75) is 19.8 Å². The van der Waals surface area contributed by atoms with E-state index in [1.54, 1.807) is 12.1 Å². The quantitative estimate of drug-likeness (QED) is 0.654. The minimum absolute atomic E-state index is 0.120. The maximum atomic E-state index is 11.9. The molecule has 0 saturated carbocycles. The minimum atomic E-state index is -0.308. The van der Waals surface area contributed by atoms with Crippen LogP contribution in [0.2, 0.25) is 0 Å². The highest BCUT2D eigenvalue weighted by Gasteiger charge is 2.13. The Morgan fingerprint density at radius 2 is 1.92 bits per heavy atom. The number of hydrazone groups is 1. The molecule has 2 N–H and O–H groups in total. The maximum Gasteiger partial charge on any atom is 0.271 e. The Morgan fingerprint density at radius 3 is 2.71 bits per heavy atom. The standard InChI is InChI=1S/C18H18N2O4/c1-12(19-20-18(22)14-5-7-15(21)8-6-14)2-3-13-4-9-16-17(10-13)24-11-23-16/h4-10,21H,2-3,11H2,1H3,(H,20,22)/b19-12-. The summed E-state index contributed by atoms with van der Waals surface area (Å²) < 4.78 is 10.6. The third-order valence-electron chi connectivity index (χ3n) is 3.69. The van der Waals surface area contributed by atoms with Crippen molar-refractivity contribution in [2.75, 3.05) is 6.79 Å². The van der Waals surface area contributed by atoms with Gasteiger partial charge in [0.05, 0.1) is 0 Å². The van der Waals surface area contributed by atoms with Gasteiger partial charge in [-0.2, -0.15) is 5.10 Å². The van der Waals surface area contributed by atoms with E-state index in [1.807, 2.05) is 25.1 Å². The Morgan fingerprint density at radius 1 is 1.17 bits per heavy atom. The van der Waals surface area contributed by atoms with Crippen LogP contribution in [-0.2, 0) is 6.42 Å². The van der Waals surface area contributed by atoms with Crippen molar-refractivity contribution in [2.24, 2.45) is 5.10 Å². The molecule has 0 bridgehead atoms. The van der Waals surface area contributed by atoms with Gasteiger partial charge in [0, 0.05) is 11.3 Å². The van der Waals surface area contributed by atoms with Crippen molar-refractivity contribution in [3.8, 4) is 17.2 Å². The molecule has 0 fully saturated rings. The predicted octanol–water partition coefficient (Wildman–Crippen LogP) is 2.86. The molecule has 3 rings (SSSR count). The zero-order valence-electron chi connectivity index (χ0n) is 13.3. The average Bonchev–Trinajstić information content (AvgIpc) is 3.06. The van der Waals surface area contributed by atoms with Gasteiger partial charge in [0.15, 0.2) is 11.5 Å². The highest BCUT2D eigenvalue weighted by atomic mass is 16.7. The molecule has 1 amide bonds. The molecule has 0 radical (unpaired) electrons. The first kappa shape index (κ1) is 15.9. The Bertz CT molecular complexity index is 769. The van der Waals surface area contributed by atoms with Crippen molar-refractivity contribution in [1.29, 1.82) is 0 Å². The first-order valence-corrected chi connectivity index (χ1v) is 7.63. The van der Waals surface area contributed by atoms with Gasteiger partial charge in [-0.1, -0.05) is 6.07 Å².